The second kappa shape index (κ2) is 16.5. The number of esters is 2. The second-order valence-electron chi connectivity index (χ2n) is 22.6. The maximum Gasteiger partial charge on any atom is 0.377 e. The quantitative estimate of drug-likeness (QED) is 0.0766. The van der Waals surface area contributed by atoms with Gasteiger partial charge in [-0.25, -0.2) is 4.79 Å². The zero-order valence-electron chi connectivity index (χ0n) is 38.8. The van der Waals surface area contributed by atoms with E-state index in [9.17, 15) is 24.3 Å². The molecule has 3 N–H and O–H groups in total. The topological polar surface area (TPSA) is 140 Å². The number of carbonyl (C=O) groups excluding carboxylic acids is 4. The number of hydrogen-bond donors (Lipinski definition) is 3. The Balaban J connectivity index is 1.29. The van der Waals surface area contributed by atoms with Gasteiger partial charge in [-0.05, 0) is 149 Å². The highest BCUT2D eigenvalue weighted by molar-refractivity contribution is 6.36. The van der Waals surface area contributed by atoms with Crippen molar-refractivity contribution in [1.29, 1.82) is 0 Å². The maximum absolute atomic E-state index is 14.7. The van der Waals surface area contributed by atoms with E-state index in [0.29, 0.717) is 23.7 Å². The number of Topliss-reactive ketones (excluding diaryl/α,β-unsaturated/α-hetero) is 1. The molecule has 0 saturated heterocycles. The number of amides is 1. The number of rotatable bonds is 12. The number of fused-ring (bicyclic) bond motifs is 7. The van der Waals surface area contributed by atoms with Gasteiger partial charge in [0.05, 0.1) is 11.5 Å². The van der Waals surface area contributed by atoms with Gasteiger partial charge in [-0.3, -0.25) is 19.2 Å². The summed E-state index contributed by atoms with van der Waals surface area (Å²) >= 11 is 0. The number of ketones is 1. The Morgan fingerprint density at radius 2 is 1.48 bits per heavy atom. The highest BCUT2D eigenvalue weighted by Crippen LogP contribution is 2.75. The third-order valence-electron chi connectivity index (χ3n) is 17.0. The standard InChI is InChI=1S/C48H80N2O8/c1-27(2)37(39(52)41(54)57-43(8,9)10)49-40(53)38(28(3)4)50-58-30(6)26-56-42(55)48-23-18-29(5)31(7)36(48)32-16-17-34-45(13)21-20-35(51)44(11,12)33(45)19-22-47(34,15)46(32,14)24-25-48/h16,27-31,33-38,50-51H,17-26H2,1-15H3,(H,49,53)/t29-,30?,31+,33?,34-,35+,36+,37+,38+,45+,46-,47-,48+/m1/s1. The molecular formula is C48H80N2O8. The molecule has 330 valence electrons. The molecule has 4 saturated carbocycles. The molecule has 0 bridgehead atoms. The molecule has 5 aliphatic rings. The van der Waals surface area contributed by atoms with E-state index in [1.54, 1.807) is 34.6 Å². The Hall–Kier alpha value is -2.30. The van der Waals surface area contributed by atoms with E-state index in [-0.39, 0.29) is 58.1 Å². The lowest BCUT2D eigenvalue weighted by Gasteiger charge is -2.71. The summed E-state index contributed by atoms with van der Waals surface area (Å²) in [5.74, 6) is -1.03. The third-order valence-corrected chi connectivity index (χ3v) is 17.0. The summed E-state index contributed by atoms with van der Waals surface area (Å²) in [4.78, 5) is 59.8. The highest BCUT2D eigenvalue weighted by atomic mass is 16.7. The smallest absolute Gasteiger partial charge is 0.377 e. The summed E-state index contributed by atoms with van der Waals surface area (Å²) in [6, 6.07) is -1.90. The zero-order chi connectivity index (χ0) is 43.6. The predicted molar refractivity (Wildman–Crippen MR) is 226 cm³/mol. The summed E-state index contributed by atoms with van der Waals surface area (Å²) in [5.41, 5.74) is 3.08. The SMILES string of the molecule is CC(COC(=O)[C@]12CC[C@@H](C)[C@H](C)[C@H]1C1=CC[C@@H]3[C@@]4(C)CC[C@H](O)C(C)(C)C4CC[C@@]3(C)[C@]1(C)CC2)ON[C@H](C(=O)N[C@H](C(=O)C(=O)OC(C)(C)C)C(C)C)C(C)C. The molecule has 4 fully saturated rings. The fourth-order valence-electron chi connectivity index (χ4n) is 13.1. The number of aliphatic hydroxyl groups is 1. The second-order valence-corrected chi connectivity index (χ2v) is 22.6. The van der Waals surface area contributed by atoms with Gasteiger partial charge in [0.2, 0.25) is 5.91 Å². The lowest BCUT2D eigenvalue weighted by Crippen LogP contribution is -2.65. The van der Waals surface area contributed by atoms with E-state index >= 15 is 0 Å². The Labute approximate surface area is 350 Å². The fraction of sp³-hybridized carbons (Fsp3) is 0.875. The van der Waals surface area contributed by atoms with Crippen LogP contribution >= 0.6 is 0 Å². The number of nitrogens with one attached hydrogen (secondary N) is 2. The van der Waals surface area contributed by atoms with Gasteiger partial charge in [0.25, 0.3) is 5.78 Å². The van der Waals surface area contributed by atoms with Crippen LogP contribution in [0.5, 0.6) is 0 Å². The number of hydrogen-bond acceptors (Lipinski definition) is 9. The van der Waals surface area contributed by atoms with Gasteiger partial charge in [-0.15, -0.1) is 0 Å². The van der Waals surface area contributed by atoms with Crippen molar-refractivity contribution < 1.29 is 38.6 Å². The monoisotopic (exact) mass is 813 g/mol. The Morgan fingerprint density at radius 1 is 0.845 bits per heavy atom. The molecule has 13 atom stereocenters. The molecule has 0 aromatic heterocycles. The molecule has 2 unspecified atom stereocenters. The molecule has 58 heavy (non-hydrogen) atoms. The predicted octanol–water partition coefficient (Wildman–Crippen LogP) is 8.53. The molecule has 0 radical (unpaired) electrons. The first-order valence-corrected chi connectivity index (χ1v) is 22.7. The molecule has 0 aliphatic heterocycles. The Kier molecular flexibility index (Phi) is 13.3. The van der Waals surface area contributed by atoms with Crippen LogP contribution in [-0.4, -0.2) is 65.2 Å². The van der Waals surface area contributed by atoms with Crippen LogP contribution in [-0.2, 0) is 33.5 Å². The summed E-state index contributed by atoms with van der Waals surface area (Å²) in [6.45, 7) is 31.1. The van der Waals surface area contributed by atoms with E-state index in [2.05, 4.69) is 65.3 Å². The minimum atomic E-state index is -1.06. The first-order valence-electron chi connectivity index (χ1n) is 22.7. The molecule has 0 aromatic rings. The molecule has 0 heterocycles. The van der Waals surface area contributed by atoms with Crippen molar-refractivity contribution in [2.45, 2.75) is 192 Å². The summed E-state index contributed by atoms with van der Waals surface area (Å²) in [7, 11) is 0. The molecule has 5 rings (SSSR count). The highest BCUT2D eigenvalue weighted by Gasteiger charge is 2.69. The van der Waals surface area contributed by atoms with E-state index in [1.165, 1.54) is 5.57 Å². The maximum atomic E-state index is 14.7. The number of allylic oxidation sites excluding steroid dienone is 2. The van der Waals surface area contributed by atoms with Gasteiger partial charge in [0.15, 0.2) is 0 Å². The van der Waals surface area contributed by atoms with Crippen molar-refractivity contribution >= 4 is 23.6 Å². The van der Waals surface area contributed by atoms with Crippen molar-refractivity contribution in [3.8, 4) is 0 Å². The van der Waals surface area contributed by atoms with Crippen molar-refractivity contribution in [1.82, 2.24) is 10.8 Å². The Bertz CT molecular complexity index is 1600. The molecule has 10 heteroatoms. The average Bonchev–Trinajstić information content (AvgIpc) is 3.11. The van der Waals surface area contributed by atoms with Crippen molar-refractivity contribution in [3.05, 3.63) is 11.6 Å². The lowest BCUT2D eigenvalue weighted by molar-refractivity contribution is -0.208. The zero-order valence-corrected chi connectivity index (χ0v) is 38.8. The number of carbonyl (C=O) groups is 4. The van der Waals surface area contributed by atoms with Crippen LogP contribution in [0.1, 0.15) is 162 Å². The number of aliphatic hydroxyl groups excluding tert-OH is 1. The van der Waals surface area contributed by atoms with Gasteiger partial charge in [0, 0.05) is 0 Å². The van der Waals surface area contributed by atoms with Crippen LogP contribution in [0.15, 0.2) is 11.6 Å². The van der Waals surface area contributed by atoms with E-state index in [0.717, 1.165) is 57.8 Å². The minimum absolute atomic E-state index is 0.0251. The first-order chi connectivity index (χ1) is 26.7. The average molecular weight is 813 g/mol. The summed E-state index contributed by atoms with van der Waals surface area (Å²) < 4.78 is 11.5. The van der Waals surface area contributed by atoms with Crippen molar-refractivity contribution in [2.75, 3.05) is 6.61 Å². The van der Waals surface area contributed by atoms with Gasteiger partial charge in [0.1, 0.15) is 30.4 Å². The van der Waals surface area contributed by atoms with Crippen LogP contribution in [0.4, 0.5) is 0 Å². The normalized spacial score (nSPS) is 38.5. The van der Waals surface area contributed by atoms with Crippen LogP contribution in [0.2, 0.25) is 0 Å². The molecule has 5 aliphatic carbocycles. The van der Waals surface area contributed by atoms with E-state index in [4.69, 9.17) is 14.3 Å². The van der Waals surface area contributed by atoms with E-state index < -0.39 is 46.9 Å². The van der Waals surface area contributed by atoms with Gasteiger partial charge in [-0.2, -0.15) is 5.48 Å². The van der Waals surface area contributed by atoms with Gasteiger partial charge >= 0.3 is 11.9 Å². The largest absolute Gasteiger partial charge is 0.462 e. The van der Waals surface area contributed by atoms with Crippen LogP contribution in [0, 0.1) is 68.5 Å². The van der Waals surface area contributed by atoms with Crippen molar-refractivity contribution in [3.63, 3.8) is 0 Å². The molecule has 10 nitrogen and oxygen atoms in total. The van der Waals surface area contributed by atoms with Crippen LogP contribution in [0.25, 0.3) is 0 Å². The number of hydroxylamine groups is 1. The van der Waals surface area contributed by atoms with Crippen LogP contribution < -0.4 is 10.8 Å². The first kappa shape index (κ1) is 46.8. The molecule has 0 spiro atoms. The minimum Gasteiger partial charge on any atom is -0.462 e. The Morgan fingerprint density at radius 3 is 2.09 bits per heavy atom. The van der Waals surface area contributed by atoms with Crippen molar-refractivity contribution in [2.24, 2.45) is 68.5 Å². The third kappa shape index (κ3) is 8.10. The van der Waals surface area contributed by atoms with Gasteiger partial charge in [-0.1, -0.05) is 87.8 Å². The van der Waals surface area contributed by atoms with Gasteiger partial charge < -0.3 is 19.9 Å². The summed E-state index contributed by atoms with van der Waals surface area (Å²) in [5, 5.41) is 13.9. The van der Waals surface area contributed by atoms with E-state index in [1.807, 2.05) is 20.8 Å². The molecule has 1 amide bonds. The fourth-order valence-corrected chi connectivity index (χ4v) is 13.1. The molecule has 0 aromatic carbocycles. The lowest BCUT2D eigenvalue weighted by atomic mass is 9.33. The number of ether oxygens (including phenoxy) is 2. The van der Waals surface area contributed by atoms with Crippen LogP contribution in [0.3, 0.4) is 0 Å². The molecular weight excluding hydrogens is 733 g/mol. The summed E-state index contributed by atoms with van der Waals surface area (Å²) in [6.07, 6.45) is 10.6.